The Hall–Kier alpha value is -0.820. The molecule has 1 saturated heterocycles. The van der Waals surface area contributed by atoms with Gasteiger partial charge in [-0.2, -0.15) is 0 Å². The normalized spacial score (nSPS) is 20.1. The Labute approximate surface area is 125 Å². The van der Waals surface area contributed by atoms with Gasteiger partial charge in [0.05, 0.1) is 0 Å². The topological polar surface area (TPSA) is 3.24 Å². The van der Waals surface area contributed by atoms with Gasteiger partial charge in [-0.1, -0.05) is 52.0 Å². The van der Waals surface area contributed by atoms with Gasteiger partial charge in [-0.3, -0.25) is 0 Å². The molecule has 1 aliphatic rings. The molecular weight excluding hydrogens is 242 g/mol. The van der Waals surface area contributed by atoms with Gasteiger partial charge in [0.1, 0.15) is 0 Å². The van der Waals surface area contributed by atoms with Gasteiger partial charge in [0.2, 0.25) is 0 Å². The molecule has 1 aliphatic heterocycles. The Kier molecular flexibility index (Phi) is 4.90. The lowest BCUT2D eigenvalue weighted by molar-refractivity contribution is 0.146. The van der Waals surface area contributed by atoms with Gasteiger partial charge >= 0.3 is 0 Å². The van der Waals surface area contributed by atoms with Crippen LogP contribution in [0.1, 0.15) is 58.6 Å². The largest absolute Gasteiger partial charge is 0.300 e. The molecule has 1 heterocycles. The van der Waals surface area contributed by atoms with E-state index < -0.39 is 0 Å². The summed E-state index contributed by atoms with van der Waals surface area (Å²) in [5, 5.41) is 0. The Morgan fingerprint density at radius 2 is 1.65 bits per heavy atom. The summed E-state index contributed by atoms with van der Waals surface area (Å²) >= 11 is 0. The Bertz CT molecular complexity index is 404. The first-order chi connectivity index (χ1) is 9.36. The van der Waals surface area contributed by atoms with Gasteiger partial charge in [-0.15, -0.1) is 0 Å². The first kappa shape index (κ1) is 15.6. The van der Waals surface area contributed by atoms with E-state index in [2.05, 4.69) is 63.8 Å². The van der Waals surface area contributed by atoms with E-state index in [0.717, 1.165) is 5.92 Å². The first-order valence-corrected chi connectivity index (χ1v) is 8.20. The monoisotopic (exact) mass is 273 g/mol. The molecule has 0 spiro atoms. The van der Waals surface area contributed by atoms with Crippen molar-refractivity contribution in [3.63, 3.8) is 0 Å². The zero-order valence-corrected chi connectivity index (χ0v) is 13.9. The first-order valence-electron chi connectivity index (χ1n) is 8.20. The molecule has 1 unspecified atom stereocenters. The maximum Gasteiger partial charge on any atom is 0.0107 e. The lowest BCUT2D eigenvalue weighted by Crippen LogP contribution is -2.40. The molecule has 0 saturated carbocycles. The van der Waals surface area contributed by atoms with Crippen LogP contribution in [0.4, 0.5) is 0 Å². The molecule has 0 bridgehead atoms. The summed E-state index contributed by atoms with van der Waals surface area (Å²) in [6.07, 6.45) is 3.92. The van der Waals surface area contributed by atoms with Crippen LogP contribution < -0.4 is 0 Å². The van der Waals surface area contributed by atoms with Crippen LogP contribution in [0, 0.1) is 5.92 Å². The van der Waals surface area contributed by atoms with E-state index in [9.17, 15) is 0 Å². The van der Waals surface area contributed by atoms with E-state index in [4.69, 9.17) is 0 Å². The molecule has 1 aromatic rings. The molecule has 0 aliphatic carbocycles. The van der Waals surface area contributed by atoms with Gasteiger partial charge < -0.3 is 4.90 Å². The number of hydrogen-bond acceptors (Lipinski definition) is 1. The van der Waals surface area contributed by atoms with E-state index in [0.29, 0.717) is 6.04 Å². The maximum absolute atomic E-state index is 2.66. The molecule has 20 heavy (non-hydrogen) atoms. The van der Waals surface area contributed by atoms with Crippen molar-refractivity contribution in [2.75, 3.05) is 13.1 Å². The highest BCUT2D eigenvalue weighted by atomic mass is 15.2. The number of piperidine rings is 1. The van der Waals surface area contributed by atoms with Crippen molar-refractivity contribution in [3.05, 3.63) is 35.4 Å². The minimum Gasteiger partial charge on any atom is -0.300 e. The van der Waals surface area contributed by atoms with E-state index in [1.54, 1.807) is 0 Å². The smallest absolute Gasteiger partial charge is 0.0107 e. The van der Waals surface area contributed by atoms with Crippen LogP contribution in [-0.2, 0) is 11.8 Å². The summed E-state index contributed by atoms with van der Waals surface area (Å²) in [5.74, 6) is 0.921. The van der Waals surface area contributed by atoms with Crippen molar-refractivity contribution >= 4 is 0 Å². The molecule has 2 rings (SSSR count). The molecule has 0 radical (unpaired) electrons. The Balaban J connectivity index is 1.93. The predicted molar refractivity (Wildman–Crippen MR) is 88.3 cm³/mol. The molecule has 1 nitrogen and oxygen atoms in total. The van der Waals surface area contributed by atoms with E-state index >= 15 is 0 Å². The molecule has 0 amide bonds. The molecule has 112 valence electrons. The van der Waals surface area contributed by atoms with Crippen LogP contribution in [0.15, 0.2) is 24.3 Å². The minimum atomic E-state index is 0.257. The van der Waals surface area contributed by atoms with Crippen molar-refractivity contribution < 1.29 is 0 Å². The SMILES string of the molecule is CC1CCN(C(C)Cc2ccc(C(C)(C)C)cc2)CC1. The van der Waals surface area contributed by atoms with Crippen LogP contribution in [0.3, 0.4) is 0 Å². The standard InChI is InChI=1S/C19H31N/c1-15-10-12-20(13-11-15)16(2)14-17-6-8-18(9-7-17)19(3,4)5/h6-9,15-16H,10-14H2,1-5H3. The molecule has 1 aromatic carbocycles. The van der Waals surface area contributed by atoms with E-state index in [-0.39, 0.29) is 5.41 Å². The van der Waals surface area contributed by atoms with Crippen LogP contribution in [0.25, 0.3) is 0 Å². The molecular formula is C19H31N. The third-order valence-corrected chi connectivity index (χ3v) is 4.79. The summed E-state index contributed by atoms with van der Waals surface area (Å²) < 4.78 is 0. The Morgan fingerprint density at radius 3 is 2.15 bits per heavy atom. The van der Waals surface area contributed by atoms with Gasteiger partial charge in [0, 0.05) is 6.04 Å². The quantitative estimate of drug-likeness (QED) is 0.775. The minimum absolute atomic E-state index is 0.257. The zero-order valence-electron chi connectivity index (χ0n) is 13.9. The summed E-state index contributed by atoms with van der Waals surface area (Å²) in [4.78, 5) is 2.66. The number of rotatable bonds is 3. The van der Waals surface area contributed by atoms with Crippen LogP contribution in [-0.4, -0.2) is 24.0 Å². The number of nitrogens with zero attached hydrogens (tertiary/aromatic N) is 1. The number of hydrogen-bond donors (Lipinski definition) is 0. The highest BCUT2D eigenvalue weighted by molar-refractivity contribution is 5.27. The highest BCUT2D eigenvalue weighted by Crippen LogP contribution is 2.23. The molecule has 0 N–H and O–H groups in total. The van der Waals surface area contributed by atoms with Crippen molar-refractivity contribution in [1.29, 1.82) is 0 Å². The second kappa shape index (κ2) is 6.30. The summed E-state index contributed by atoms with van der Waals surface area (Å²) in [7, 11) is 0. The predicted octanol–water partition coefficient (Wildman–Crippen LogP) is 4.65. The second-order valence-corrected chi connectivity index (χ2v) is 7.72. The molecule has 1 fully saturated rings. The number of likely N-dealkylation sites (tertiary alicyclic amines) is 1. The van der Waals surface area contributed by atoms with Crippen LogP contribution in [0.2, 0.25) is 0 Å². The van der Waals surface area contributed by atoms with Crippen LogP contribution in [0.5, 0.6) is 0 Å². The molecule has 1 atom stereocenters. The summed E-state index contributed by atoms with van der Waals surface area (Å²) in [6.45, 7) is 14.2. The molecule has 0 aromatic heterocycles. The van der Waals surface area contributed by atoms with Gasteiger partial charge in [0.25, 0.3) is 0 Å². The lowest BCUT2D eigenvalue weighted by atomic mass is 9.86. The highest BCUT2D eigenvalue weighted by Gasteiger charge is 2.20. The average Bonchev–Trinajstić information content (AvgIpc) is 2.39. The summed E-state index contributed by atoms with van der Waals surface area (Å²) in [6, 6.07) is 9.93. The average molecular weight is 273 g/mol. The molecule has 1 heteroatoms. The fraction of sp³-hybridized carbons (Fsp3) is 0.684. The lowest BCUT2D eigenvalue weighted by Gasteiger charge is -2.35. The number of benzene rings is 1. The van der Waals surface area contributed by atoms with Gasteiger partial charge in [0.15, 0.2) is 0 Å². The van der Waals surface area contributed by atoms with Crippen molar-refractivity contribution in [3.8, 4) is 0 Å². The summed E-state index contributed by atoms with van der Waals surface area (Å²) in [5.41, 5.74) is 3.16. The zero-order chi connectivity index (χ0) is 14.8. The van der Waals surface area contributed by atoms with Crippen molar-refractivity contribution in [2.24, 2.45) is 5.92 Å². The second-order valence-electron chi connectivity index (χ2n) is 7.72. The third-order valence-electron chi connectivity index (χ3n) is 4.79. The van der Waals surface area contributed by atoms with Crippen molar-refractivity contribution in [1.82, 2.24) is 4.90 Å². The maximum atomic E-state index is 2.66. The Morgan fingerprint density at radius 1 is 1.10 bits per heavy atom. The fourth-order valence-corrected chi connectivity index (χ4v) is 3.08. The van der Waals surface area contributed by atoms with Crippen molar-refractivity contribution in [2.45, 2.75) is 65.3 Å². The van der Waals surface area contributed by atoms with E-state index in [1.165, 1.54) is 43.5 Å². The fourth-order valence-electron chi connectivity index (χ4n) is 3.08. The van der Waals surface area contributed by atoms with Gasteiger partial charge in [-0.25, -0.2) is 0 Å². The van der Waals surface area contributed by atoms with Crippen LogP contribution >= 0.6 is 0 Å². The third kappa shape index (κ3) is 4.09. The van der Waals surface area contributed by atoms with E-state index in [1.807, 2.05) is 0 Å². The van der Waals surface area contributed by atoms with Gasteiger partial charge in [-0.05, 0) is 61.7 Å².